The molecule has 9 aromatic carbocycles. The van der Waals surface area contributed by atoms with Crippen LogP contribution in [-0.4, -0.2) is 19.5 Å². The molecule has 0 aliphatic rings. The average molecular weight is 893 g/mol. The molecule has 0 fully saturated rings. The molecule has 3 heterocycles. The Hall–Kier alpha value is -10.5. The fourth-order valence-corrected chi connectivity index (χ4v) is 9.52. The van der Waals surface area contributed by atoms with Gasteiger partial charge in [0.2, 0.25) is 0 Å². The molecule has 0 saturated carbocycles. The Morgan fingerprint density at radius 2 is 1.06 bits per heavy atom. The number of fused-ring (bicyclic) bond motifs is 6. The lowest BCUT2D eigenvalue weighted by Crippen LogP contribution is -2.04. The van der Waals surface area contributed by atoms with Crippen molar-refractivity contribution in [1.82, 2.24) is 19.5 Å². The van der Waals surface area contributed by atoms with Gasteiger partial charge in [-0.1, -0.05) is 127 Å². The summed E-state index contributed by atoms with van der Waals surface area (Å²) in [7, 11) is 0. The van der Waals surface area contributed by atoms with E-state index < -0.39 is 0 Å². The fourth-order valence-electron chi connectivity index (χ4n) is 9.52. The highest BCUT2D eigenvalue weighted by Crippen LogP contribution is 2.44. The molecule has 0 aliphatic heterocycles. The third-order valence-electron chi connectivity index (χ3n) is 12.8. The van der Waals surface area contributed by atoms with E-state index in [1.54, 1.807) is 24.3 Å². The van der Waals surface area contributed by atoms with E-state index in [4.69, 9.17) is 32.5 Å². The van der Waals surface area contributed by atoms with Gasteiger partial charge >= 0.3 is 0 Å². The first-order valence-electron chi connectivity index (χ1n) is 22.3. The molecule has 0 bridgehead atoms. The summed E-state index contributed by atoms with van der Waals surface area (Å²) in [5.74, 6) is 1.52. The molecule has 70 heavy (non-hydrogen) atoms. The first-order valence-corrected chi connectivity index (χ1v) is 22.3. The quantitative estimate of drug-likeness (QED) is 0.147. The summed E-state index contributed by atoms with van der Waals surface area (Å²) in [6, 6.07) is 67.6. The summed E-state index contributed by atoms with van der Waals surface area (Å²) < 4.78 is 8.60. The highest BCUT2D eigenvalue weighted by molar-refractivity contribution is 6.14. The molecule has 0 N–H and O–H groups in total. The van der Waals surface area contributed by atoms with Crippen molar-refractivity contribution in [1.29, 1.82) is 10.5 Å². The van der Waals surface area contributed by atoms with E-state index in [1.807, 2.05) is 115 Å². The molecule has 12 rings (SSSR count). The topological polar surface area (TPSA) is 113 Å². The maximum Gasteiger partial charge on any atom is 0.196 e. The third kappa shape index (κ3) is 6.88. The SMILES string of the molecule is [C-]#[N+]c1ccc(-c2ccc3c(c2)c2cc(-c4ccc(C#N)cc4[N+]#[C-])ccc2n3-c2ccc(-c3cccc4oc5ccccc5c34)cc2-c2nc(-c3ccccc3)nc(-c3ccccc3)n2)c(C#N)c1. The molecular weight excluding hydrogens is 861 g/mol. The zero-order chi connectivity index (χ0) is 47.3. The molecular formula is C61H32N8O. The van der Waals surface area contributed by atoms with Crippen LogP contribution in [0.2, 0.25) is 0 Å². The first-order chi connectivity index (χ1) is 34.5. The van der Waals surface area contributed by atoms with E-state index in [2.05, 4.69) is 81.0 Å². The zero-order valence-corrected chi connectivity index (χ0v) is 37.0. The molecule has 0 radical (unpaired) electrons. The number of rotatable bonds is 7. The van der Waals surface area contributed by atoms with Crippen LogP contribution < -0.4 is 0 Å². The van der Waals surface area contributed by atoms with E-state index in [9.17, 15) is 10.5 Å². The molecule has 0 spiro atoms. The van der Waals surface area contributed by atoms with Crippen molar-refractivity contribution in [3.8, 4) is 85.4 Å². The molecule has 12 aromatic rings. The Balaban J connectivity index is 1.17. The predicted molar refractivity (Wildman–Crippen MR) is 276 cm³/mol. The Kier molecular flexibility index (Phi) is 9.82. The number of furan rings is 1. The Morgan fingerprint density at radius 1 is 0.443 bits per heavy atom. The molecule has 3 aromatic heterocycles. The molecule has 322 valence electrons. The van der Waals surface area contributed by atoms with Gasteiger partial charge in [-0.2, -0.15) is 10.5 Å². The summed E-state index contributed by atoms with van der Waals surface area (Å²) >= 11 is 0. The second kappa shape index (κ2) is 16.8. The maximum atomic E-state index is 10.3. The number of hydrogen-bond donors (Lipinski definition) is 0. The highest BCUT2D eigenvalue weighted by Gasteiger charge is 2.23. The van der Waals surface area contributed by atoms with Gasteiger partial charge in [-0.3, -0.25) is 0 Å². The van der Waals surface area contributed by atoms with Gasteiger partial charge in [-0.15, -0.1) is 0 Å². The van der Waals surface area contributed by atoms with Crippen LogP contribution in [0.5, 0.6) is 0 Å². The Morgan fingerprint density at radius 3 is 1.73 bits per heavy atom. The first kappa shape index (κ1) is 41.0. The van der Waals surface area contributed by atoms with Crippen LogP contribution in [-0.2, 0) is 0 Å². The lowest BCUT2D eigenvalue weighted by molar-refractivity contribution is 0.669. The van der Waals surface area contributed by atoms with Gasteiger partial charge in [0.25, 0.3) is 0 Å². The van der Waals surface area contributed by atoms with E-state index in [0.717, 1.165) is 88.4 Å². The number of hydrogen-bond acceptors (Lipinski definition) is 6. The van der Waals surface area contributed by atoms with Crippen LogP contribution >= 0.6 is 0 Å². The monoisotopic (exact) mass is 892 g/mol. The molecule has 0 amide bonds. The minimum atomic E-state index is 0.373. The second-order valence-electron chi connectivity index (χ2n) is 16.8. The number of aromatic nitrogens is 4. The number of benzene rings is 9. The molecule has 9 heteroatoms. The largest absolute Gasteiger partial charge is 0.456 e. The lowest BCUT2D eigenvalue weighted by atomic mass is 9.96. The van der Waals surface area contributed by atoms with Crippen LogP contribution in [0, 0.1) is 35.8 Å². The normalized spacial score (nSPS) is 11.1. The van der Waals surface area contributed by atoms with Crippen molar-refractivity contribution in [3.05, 3.63) is 228 Å². The number of para-hydroxylation sites is 1. The van der Waals surface area contributed by atoms with Crippen LogP contribution in [0.4, 0.5) is 11.4 Å². The van der Waals surface area contributed by atoms with Crippen molar-refractivity contribution in [2.75, 3.05) is 0 Å². The van der Waals surface area contributed by atoms with Gasteiger partial charge in [0.15, 0.2) is 28.8 Å². The Labute approximate surface area is 401 Å². The Bertz CT molecular complexity index is 4100. The minimum Gasteiger partial charge on any atom is -0.456 e. The molecule has 9 nitrogen and oxygen atoms in total. The van der Waals surface area contributed by atoms with E-state index >= 15 is 0 Å². The summed E-state index contributed by atoms with van der Waals surface area (Å²) in [6.07, 6.45) is 0. The van der Waals surface area contributed by atoms with Gasteiger partial charge in [0.1, 0.15) is 11.2 Å². The summed E-state index contributed by atoms with van der Waals surface area (Å²) in [5.41, 5.74) is 13.1. The highest BCUT2D eigenvalue weighted by atomic mass is 16.3. The maximum absolute atomic E-state index is 10.3. The van der Waals surface area contributed by atoms with E-state index in [0.29, 0.717) is 51.1 Å². The number of nitrogens with zero attached hydrogens (tertiary/aromatic N) is 8. The van der Waals surface area contributed by atoms with Crippen molar-refractivity contribution < 1.29 is 4.42 Å². The second-order valence-corrected chi connectivity index (χ2v) is 16.8. The van der Waals surface area contributed by atoms with Crippen molar-refractivity contribution in [2.45, 2.75) is 0 Å². The fraction of sp³-hybridized carbons (Fsp3) is 0. The lowest BCUT2D eigenvalue weighted by Gasteiger charge is -2.17. The van der Waals surface area contributed by atoms with Crippen LogP contribution in [0.15, 0.2) is 199 Å². The van der Waals surface area contributed by atoms with E-state index in [-0.39, 0.29) is 0 Å². The van der Waals surface area contributed by atoms with Gasteiger partial charge in [-0.05, 0) is 100 Å². The standard InChI is InChI=1S/C61H32N8O/c1-64-44-24-26-45(43(31-44)36-63)40-21-27-53-49(32-40)50-33-41(46-25-20-37(35-62)30-52(46)65-2)22-28-54(50)69(53)55-29-23-42(47-17-11-19-57-58(47)48-16-9-10-18-56(48)70-57)34-51(55)61-67-59(38-12-5-3-6-13-38)66-60(68-61)39-14-7-4-8-15-39/h3-34H. The molecule has 0 unspecified atom stereocenters. The van der Waals surface area contributed by atoms with Crippen LogP contribution in [0.25, 0.3) is 127 Å². The van der Waals surface area contributed by atoms with Crippen LogP contribution in [0.1, 0.15) is 11.1 Å². The zero-order valence-electron chi connectivity index (χ0n) is 37.0. The van der Waals surface area contributed by atoms with Gasteiger partial charge in [0, 0.05) is 49.4 Å². The van der Waals surface area contributed by atoms with Crippen LogP contribution in [0.3, 0.4) is 0 Å². The summed E-state index contributed by atoms with van der Waals surface area (Å²) in [5, 5.41) is 23.8. The smallest absolute Gasteiger partial charge is 0.196 e. The van der Waals surface area contributed by atoms with Crippen molar-refractivity contribution in [3.63, 3.8) is 0 Å². The van der Waals surface area contributed by atoms with Crippen molar-refractivity contribution in [2.24, 2.45) is 0 Å². The average Bonchev–Trinajstić information content (AvgIpc) is 3.98. The van der Waals surface area contributed by atoms with Gasteiger partial charge < -0.3 is 8.98 Å². The predicted octanol–water partition coefficient (Wildman–Crippen LogP) is 15.7. The molecule has 0 aliphatic carbocycles. The number of nitriles is 2. The summed E-state index contributed by atoms with van der Waals surface area (Å²) in [4.78, 5) is 23.0. The molecule has 0 saturated heterocycles. The molecule has 0 atom stereocenters. The van der Waals surface area contributed by atoms with E-state index in [1.165, 1.54) is 0 Å². The summed E-state index contributed by atoms with van der Waals surface area (Å²) in [6.45, 7) is 15.6. The minimum absolute atomic E-state index is 0.373. The van der Waals surface area contributed by atoms with Gasteiger partial charge in [-0.25, -0.2) is 24.6 Å². The van der Waals surface area contributed by atoms with Crippen molar-refractivity contribution >= 4 is 55.1 Å². The van der Waals surface area contributed by atoms with Gasteiger partial charge in [0.05, 0.1) is 42.0 Å². The third-order valence-corrected chi connectivity index (χ3v) is 12.8.